The van der Waals surface area contributed by atoms with Crippen molar-refractivity contribution in [3.05, 3.63) is 48.6 Å². The molecule has 6 heteroatoms. The Morgan fingerprint density at radius 3 is 2.65 bits per heavy atom. The molecule has 1 amide bonds. The SMILES string of the molecule is O=C(C=Cc1ccc(-n2cncn2)cc1)N1CCCC1CN1CCCC1. The van der Waals surface area contributed by atoms with Gasteiger partial charge < -0.3 is 9.80 Å². The van der Waals surface area contributed by atoms with Gasteiger partial charge in [0.2, 0.25) is 5.91 Å². The minimum atomic E-state index is 0.132. The van der Waals surface area contributed by atoms with E-state index in [1.807, 2.05) is 30.3 Å². The quantitative estimate of drug-likeness (QED) is 0.776. The van der Waals surface area contributed by atoms with Crippen LogP contribution in [-0.2, 0) is 4.79 Å². The number of nitrogens with zero attached hydrogens (tertiary/aromatic N) is 5. The highest BCUT2D eigenvalue weighted by atomic mass is 16.2. The second kappa shape index (κ2) is 7.83. The molecule has 2 fully saturated rings. The van der Waals surface area contributed by atoms with Crippen LogP contribution in [0.1, 0.15) is 31.2 Å². The van der Waals surface area contributed by atoms with E-state index in [0.29, 0.717) is 6.04 Å². The highest BCUT2D eigenvalue weighted by Gasteiger charge is 2.29. The first-order valence-corrected chi connectivity index (χ1v) is 9.46. The van der Waals surface area contributed by atoms with E-state index in [1.54, 1.807) is 17.1 Å². The number of benzene rings is 1. The molecular weight excluding hydrogens is 326 g/mol. The molecule has 0 N–H and O–H groups in total. The monoisotopic (exact) mass is 351 g/mol. The smallest absolute Gasteiger partial charge is 0.246 e. The predicted molar refractivity (Wildman–Crippen MR) is 101 cm³/mol. The van der Waals surface area contributed by atoms with Gasteiger partial charge in [0.25, 0.3) is 0 Å². The number of aromatic nitrogens is 3. The van der Waals surface area contributed by atoms with Crippen LogP contribution in [-0.4, -0.2) is 62.7 Å². The molecule has 2 aliphatic rings. The molecule has 0 saturated carbocycles. The first-order valence-electron chi connectivity index (χ1n) is 9.46. The second-order valence-electron chi connectivity index (χ2n) is 7.10. The van der Waals surface area contributed by atoms with Crippen LogP contribution in [0.4, 0.5) is 0 Å². The maximum atomic E-state index is 12.7. The first-order chi connectivity index (χ1) is 12.8. The Morgan fingerprint density at radius 2 is 1.92 bits per heavy atom. The largest absolute Gasteiger partial charge is 0.335 e. The Bertz CT molecular complexity index is 747. The number of likely N-dealkylation sites (tertiary alicyclic amines) is 2. The maximum absolute atomic E-state index is 12.7. The topological polar surface area (TPSA) is 54.3 Å². The molecule has 0 spiro atoms. The normalized spacial score (nSPS) is 21.1. The van der Waals surface area contributed by atoms with Gasteiger partial charge in [-0.1, -0.05) is 12.1 Å². The Kier molecular flexibility index (Phi) is 5.11. The third kappa shape index (κ3) is 3.85. The summed E-state index contributed by atoms with van der Waals surface area (Å²) in [5, 5.41) is 4.12. The molecule has 1 aromatic heterocycles. The summed E-state index contributed by atoms with van der Waals surface area (Å²) in [6.07, 6.45) is 11.6. The molecule has 26 heavy (non-hydrogen) atoms. The molecule has 4 rings (SSSR count). The summed E-state index contributed by atoms with van der Waals surface area (Å²) in [4.78, 5) is 21.2. The molecule has 3 heterocycles. The van der Waals surface area contributed by atoms with E-state index in [0.717, 1.165) is 37.2 Å². The van der Waals surface area contributed by atoms with Crippen molar-refractivity contribution in [1.29, 1.82) is 0 Å². The van der Waals surface area contributed by atoms with E-state index in [9.17, 15) is 4.79 Å². The molecule has 0 aliphatic carbocycles. The van der Waals surface area contributed by atoms with Gasteiger partial charge in [-0.2, -0.15) is 5.10 Å². The summed E-state index contributed by atoms with van der Waals surface area (Å²) < 4.78 is 1.71. The summed E-state index contributed by atoms with van der Waals surface area (Å²) in [5.74, 6) is 0.132. The zero-order valence-corrected chi connectivity index (χ0v) is 15.0. The van der Waals surface area contributed by atoms with Gasteiger partial charge in [0.05, 0.1) is 5.69 Å². The number of amides is 1. The standard InChI is InChI=1S/C20H25N5O/c26-20(24-13-3-4-19(24)14-23-11-1-2-12-23)10-7-17-5-8-18(9-6-17)25-16-21-15-22-25/h5-10,15-16,19H,1-4,11-14H2. The highest BCUT2D eigenvalue weighted by Crippen LogP contribution is 2.21. The lowest BCUT2D eigenvalue weighted by Gasteiger charge is -2.27. The fourth-order valence-electron chi connectivity index (χ4n) is 3.92. The molecule has 1 atom stereocenters. The van der Waals surface area contributed by atoms with E-state index in [-0.39, 0.29) is 5.91 Å². The van der Waals surface area contributed by atoms with Crippen LogP contribution in [0.5, 0.6) is 0 Å². The van der Waals surface area contributed by atoms with E-state index in [2.05, 4.69) is 19.9 Å². The molecule has 6 nitrogen and oxygen atoms in total. The van der Waals surface area contributed by atoms with Crippen molar-refractivity contribution in [1.82, 2.24) is 24.6 Å². The minimum absolute atomic E-state index is 0.132. The molecule has 0 bridgehead atoms. The van der Waals surface area contributed by atoms with Gasteiger partial charge in [0.1, 0.15) is 12.7 Å². The number of hydrogen-bond acceptors (Lipinski definition) is 4. The average Bonchev–Trinajstić information content (AvgIpc) is 3.43. The molecule has 2 aromatic rings. The average molecular weight is 351 g/mol. The van der Waals surface area contributed by atoms with Crippen molar-refractivity contribution in [2.45, 2.75) is 31.7 Å². The molecule has 2 aliphatic heterocycles. The number of carbonyl (C=O) groups excluding carboxylic acids is 1. The second-order valence-corrected chi connectivity index (χ2v) is 7.10. The molecular formula is C20H25N5O. The van der Waals surface area contributed by atoms with Crippen LogP contribution in [0, 0.1) is 0 Å². The fraction of sp³-hybridized carbons (Fsp3) is 0.450. The lowest BCUT2D eigenvalue weighted by molar-refractivity contribution is -0.127. The van der Waals surface area contributed by atoms with Gasteiger partial charge in [-0.05, 0) is 62.5 Å². The van der Waals surface area contributed by atoms with Crippen LogP contribution >= 0.6 is 0 Å². The van der Waals surface area contributed by atoms with Gasteiger partial charge in [-0.25, -0.2) is 9.67 Å². The third-order valence-electron chi connectivity index (χ3n) is 5.32. The van der Waals surface area contributed by atoms with Gasteiger partial charge in [-0.3, -0.25) is 4.79 Å². The van der Waals surface area contributed by atoms with Crippen LogP contribution in [0.15, 0.2) is 43.0 Å². The maximum Gasteiger partial charge on any atom is 0.246 e. The first kappa shape index (κ1) is 17.0. The van der Waals surface area contributed by atoms with Crippen molar-refractivity contribution in [3.8, 4) is 5.69 Å². The van der Waals surface area contributed by atoms with E-state index >= 15 is 0 Å². The van der Waals surface area contributed by atoms with Crippen molar-refractivity contribution in [2.24, 2.45) is 0 Å². The summed E-state index contributed by atoms with van der Waals surface area (Å²) in [6.45, 7) is 4.29. The zero-order chi connectivity index (χ0) is 17.8. The Balaban J connectivity index is 1.37. The van der Waals surface area contributed by atoms with Crippen LogP contribution < -0.4 is 0 Å². The van der Waals surface area contributed by atoms with Gasteiger partial charge in [0, 0.05) is 25.2 Å². The van der Waals surface area contributed by atoms with E-state index in [4.69, 9.17) is 0 Å². The summed E-state index contributed by atoms with van der Waals surface area (Å²) in [6, 6.07) is 8.31. The fourth-order valence-corrected chi connectivity index (χ4v) is 3.92. The highest BCUT2D eigenvalue weighted by molar-refractivity contribution is 5.92. The summed E-state index contributed by atoms with van der Waals surface area (Å²) >= 11 is 0. The van der Waals surface area contributed by atoms with E-state index < -0.39 is 0 Å². The van der Waals surface area contributed by atoms with E-state index in [1.165, 1.54) is 32.3 Å². The molecule has 0 radical (unpaired) electrons. The number of hydrogen-bond donors (Lipinski definition) is 0. The Morgan fingerprint density at radius 1 is 1.12 bits per heavy atom. The molecule has 136 valence electrons. The summed E-state index contributed by atoms with van der Waals surface area (Å²) in [5.41, 5.74) is 1.97. The van der Waals surface area contributed by atoms with Gasteiger partial charge in [-0.15, -0.1) is 0 Å². The van der Waals surface area contributed by atoms with Crippen molar-refractivity contribution < 1.29 is 4.79 Å². The lowest BCUT2D eigenvalue weighted by Crippen LogP contribution is -2.41. The predicted octanol–water partition coefficient (Wildman–Crippen LogP) is 2.37. The molecule has 1 aromatic carbocycles. The van der Waals surface area contributed by atoms with Gasteiger partial charge >= 0.3 is 0 Å². The van der Waals surface area contributed by atoms with Crippen molar-refractivity contribution >= 4 is 12.0 Å². The zero-order valence-electron chi connectivity index (χ0n) is 15.0. The Labute approximate surface area is 154 Å². The Hall–Kier alpha value is -2.47. The van der Waals surface area contributed by atoms with Crippen molar-refractivity contribution in [2.75, 3.05) is 26.2 Å². The molecule has 1 unspecified atom stereocenters. The number of carbonyl (C=O) groups is 1. The third-order valence-corrected chi connectivity index (χ3v) is 5.32. The van der Waals surface area contributed by atoms with Gasteiger partial charge in [0.15, 0.2) is 0 Å². The van der Waals surface area contributed by atoms with Crippen LogP contribution in [0.2, 0.25) is 0 Å². The summed E-state index contributed by atoms with van der Waals surface area (Å²) in [7, 11) is 0. The van der Waals surface area contributed by atoms with Crippen LogP contribution in [0.3, 0.4) is 0 Å². The number of rotatable bonds is 5. The van der Waals surface area contributed by atoms with Crippen LogP contribution in [0.25, 0.3) is 11.8 Å². The lowest BCUT2D eigenvalue weighted by atomic mass is 10.2. The van der Waals surface area contributed by atoms with Crippen molar-refractivity contribution in [3.63, 3.8) is 0 Å². The molecule has 2 saturated heterocycles. The minimum Gasteiger partial charge on any atom is -0.335 e.